The van der Waals surface area contributed by atoms with Crippen molar-refractivity contribution in [1.82, 2.24) is 4.57 Å². The first kappa shape index (κ1) is 16.2. The van der Waals surface area contributed by atoms with E-state index in [2.05, 4.69) is 4.74 Å². The van der Waals surface area contributed by atoms with Gasteiger partial charge in [0.1, 0.15) is 11.3 Å². The molecule has 0 fully saturated rings. The van der Waals surface area contributed by atoms with E-state index in [0.29, 0.717) is 5.52 Å². The van der Waals surface area contributed by atoms with Crippen LogP contribution in [-0.4, -0.2) is 30.4 Å². The lowest BCUT2D eigenvalue weighted by atomic mass is 10.1. The van der Waals surface area contributed by atoms with Gasteiger partial charge >= 0.3 is 12.1 Å². The van der Waals surface area contributed by atoms with Gasteiger partial charge in [0.15, 0.2) is 6.61 Å². The molecule has 0 radical (unpaired) electrons. The molecule has 4 nitrogen and oxygen atoms in total. The van der Waals surface area contributed by atoms with Gasteiger partial charge in [0.05, 0.1) is 12.6 Å². The number of methoxy groups -OCH3 is 1. The summed E-state index contributed by atoms with van der Waals surface area (Å²) in [6.07, 6.45) is -2.00. The highest BCUT2D eigenvalue weighted by Gasteiger charge is 2.31. The fourth-order valence-electron chi connectivity index (χ4n) is 2.43. The normalized spacial score (nSPS) is 11.7. The maximum atomic E-state index is 12.3. The van der Waals surface area contributed by atoms with Crippen LogP contribution in [0.5, 0.6) is 5.75 Å². The minimum Gasteiger partial charge on any atom is -0.496 e. The fourth-order valence-corrected chi connectivity index (χ4v) is 2.43. The third-order valence-corrected chi connectivity index (χ3v) is 3.36. The summed E-state index contributed by atoms with van der Waals surface area (Å²) in [5, 5.41) is 0.796. The Morgan fingerprint density at radius 1 is 1.32 bits per heavy atom. The second kappa shape index (κ2) is 5.90. The first-order valence-electron chi connectivity index (χ1n) is 6.67. The molecule has 7 heteroatoms. The minimum absolute atomic E-state index is 0.00597. The number of esters is 1. The van der Waals surface area contributed by atoms with Gasteiger partial charge in [-0.3, -0.25) is 0 Å². The summed E-state index contributed by atoms with van der Waals surface area (Å²) in [4.78, 5) is 12.1. The molecule has 2 rings (SSSR count). The third-order valence-electron chi connectivity index (χ3n) is 3.36. The molecule has 0 saturated heterocycles. The van der Waals surface area contributed by atoms with Crippen molar-refractivity contribution in [2.45, 2.75) is 19.5 Å². The second-order valence-corrected chi connectivity index (χ2v) is 4.85. The number of hydrogen-bond acceptors (Lipinski definition) is 3. The molecule has 1 aromatic carbocycles. The summed E-state index contributed by atoms with van der Waals surface area (Å²) >= 11 is 0. The molecule has 0 aliphatic rings. The number of nitrogens with zero attached hydrogens (tertiary/aromatic N) is 1. The molecule has 0 bridgehead atoms. The molecule has 0 N–H and O–H groups in total. The zero-order valence-corrected chi connectivity index (χ0v) is 12.5. The van der Waals surface area contributed by atoms with Gasteiger partial charge in [-0.15, -0.1) is 0 Å². The first-order valence-corrected chi connectivity index (χ1v) is 6.67. The quantitative estimate of drug-likeness (QED) is 0.811. The maximum absolute atomic E-state index is 12.3. The number of alkyl halides is 3. The summed E-state index contributed by atoms with van der Waals surface area (Å²) in [5.74, 6) is -0.868. The Hall–Kier alpha value is -2.18. The third kappa shape index (κ3) is 3.03. The van der Waals surface area contributed by atoms with E-state index in [9.17, 15) is 18.0 Å². The molecular weight excluding hydrogens is 299 g/mol. The smallest absolute Gasteiger partial charge is 0.422 e. The van der Waals surface area contributed by atoms with Crippen molar-refractivity contribution in [2.75, 3.05) is 13.7 Å². The molecule has 22 heavy (non-hydrogen) atoms. The molecule has 0 aliphatic carbocycles. The Kier molecular flexibility index (Phi) is 4.35. The summed E-state index contributed by atoms with van der Waals surface area (Å²) < 4.78 is 47.9. The van der Waals surface area contributed by atoms with Gasteiger partial charge < -0.3 is 14.0 Å². The highest BCUT2D eigenvalue weighted by Crippen LogP contribution is 2.32. The van der Waals surface area contributed by atoms with Crippen molar-refractivity contribution in [1.29, 1.82) is 0 Å². The number of benzene rings is 1. The van der Waals surface area contributed by atoms with Crippen LogP contribution >= 0.6 is 0 Å². The van der Waals surface area contributed by atoms with Crippen LogP contribution in [-0.2, 0) is 18.2 Å². The van der Waals surface area contributed by atoms with Crippen molar-refractivity contribution in [3.05, 3.63) is 29.5 Å². The Morgan fingerprint density at radius 3 is 2.55 bits per heavy atom. The Balaban J connectivity index is 2.54. The minimum atomic E-state index is -4.57. The Morgan fingerprint density at radius 2 is 2.00 bits per heavy atom. The molecule has 1 aromatic heterocycles. The summed E-state index contributed by atoms with van der Waals surface area (Å²) in [6.45, 7) is 0.330. The van der Waals surface area contributed by atoms with Gasteiger partial charge in [0.25, 0.3) is 0 Å². The maximum Gasteiger partial charge on any atom is 0.422 e. The summed E-state index contributed by atoms with van der Waals surface area (Å²) in [7, 11) is 3.08. The van der Waals surface area contributed by atoms with E-state index in [1.165, 1.54) is 7.11 Å². The molecule has 0 amide bonds. The van der Waals surface area contributed by atoms with Crippen molar-refractivity contribution >= 4 is 16.9 Å². The number of fused-ring (bicyclic) bond motifs is 1. The second-order valence-electron chi connectivity index (χ2n) is 4.85. The number of ether oxygens (including phenoxy) is 2. The summed E-state index contributed by atoms with van der Waals surface area (Å²) in [6, 6.07) is 3.35. The predicted octanol–water partition coefficient (Wildman–Crippen LogP) is 3.47. The molecule has 0 saturated carbocycles. The first-order chi connectivity index (χ1) is 10.3. The average molecular weight is 315 g/mol. The molecular formula is C15H16F3NO3. The largest absolute Gasteiger partial charge is 0.496 e. The van der Waals surface area contributed by atoms with Crippen molar-refractivity contribution in [3.8, 4) is 5.75 Å². The number of rotatable bonds is 4. The Bertz CT molecular complexity index is 704. The molecule has 0 unspecified atom stereocenters. The highest BCUT2D eigenvalue weighted by molar-refractivity contribution is 6.06. The van der Waals surface area contributed by atoms with E-state index in [-0.39, 0.29) is 11.3 Å². The molecule has 1 heterocycles. The van der Waals surface area contributed by atoms with Crippen molar-refractivity contribution < 1.29 is 27.4 Å². The van der Waals surface area contributed by atoms with E-state index in [1.807, 2.05) is 13.1 Å². The zero-order chi connectivity index (χ0) is 16.5. The molecule has 2 aromatic rings. The topological polar surface area (TPSA) is 40.5 Å². The lowest BCUT2D eigenvalue weighted by Gasteiger charge is -2.12. The molecule has 0 atom stereocenters. The van der Waals surface area contributed by atoms with Crippen LogP contribution in [0.25, 0.3) is 10.9 Å². The van der Waals surface area contributed by atoms with Crippen LogP contribution in [0.2, 0.25) is 0 Å². The van der Waals surface area contributed by atoms with Gasteiger partial charge in [-0.1, -0.05) is 6.92 Å². The summed E-state index contributed by atoms with van der Waals surface area (Å²) in [5.41, 5.74) is 1.50. The van der Waals surface area contributed by atoms with Crippen LogP contribution in [0.1, 0.15) is 22.8 Å². The highest BCUT2D eigenvalue weighted by atomic mass is 19.4. The van der Waals surface area contributed by atoms with Gasteiger partial charge in [0, 0.05) is 18.6 Å². The lowest BCUT2D eigenvalue weighted by molar-refractivity contribution is -0.161. The van der Waals surface area contributed by atoms with Crippen molar-refractivity contribution in [3.63, 3.8) is 0 Å². The van der Waals surface area contributed by atoms with Crippen LogP contribution in [0.15, 0.2) is 18.3 Å². The van der Waals surface area contributed by atoms with Gasteiger partial charge in [-0.05, 0) is 24.1 Å². The van der Waals surface area contributed by atoms with E-state index in [0.717, 1.165) is 17.4 Å². The van der Waals surface area contributed by atoms with E-state index >= 15 is 0 Å². The zero-order valence-electron chi connectivity index (χ0n) is 12.5. The Labute approximate surface area is 125 Å². The fraction of sp³-hybridized carbons (Fsp3) is 0.400. The number of aromatic nitrogens is 1. The molecule has 120 valence electrons. The average Bonchev–Trinajstić information content (AvgIpc) is 2.79. The van der Waals surface area contributed by atoms with E-state index in [1.54, 1.807) is 23.7 Å². The monoisotopic (exact) mass is 315 g/mol. The number of hydrogen-bond donors (Lipinski definition) is 0. The van der Waals surface area contributed by atoms with Crippen molar-refractivity contribution in [2.24, 2.45) is 7.05 Å². The van der Waals surface area contributed by atoms with E-state index in [4.69, 9.17) is 4.74 Å². The van der Waals surface area contributed by atoms with Crippen LogP contribution in [0.4, 0.5) is 13.2 Å². The van der Waals surface area contributed by atoms with Gasteiger partial charge in [-0.25, -0.2) is 4.79 Å². The molecule has 0 aliphatic heterocycles. The predicted molar refractivity (Wildman–Crippen MR) is 75.2 cm³/mol. The van der Waals surface area contributed by atoms with Crippen LogP contribution in [0, 0.1) is 0 Å². The number of carbonyl (C=O) groups is 1. The van der Waals surface area contributed by atoms with E-state index < -0.39 is 18.8 Å². The van der Waals surface area contributed by atoms with Crippen LogP contribution < -0.4 is 4.74 Å². The van der Waals surface area contributed by atoms with Gasteiger partial charge in [0.2, 0.25) is 0 Å². The van der Waals surface area contributed by atoms with Gasteiger partial charge in [-0.2, -0.15) is 13.2 Å². The molecule has 0 spiro atoms. The number of carbonyl (C=O) groups excluding carboxylic acids is 1. The van der Waals surface area contributed by atoms with Crippen LogP contribution in [0.3, 0.4) is 0 Å². The lowest BCUT2D eigenvalue weighted by Crippen LogP contribution is -2.21. The number of halogens is 3. The SMILES string of the molecule is CCc1cn(C)c2c(C(=O)OCC(F)(F)F)c(OC)ccc12. The standard InChI is InChI=1S/C15H16F3NO3/c1-4-9-7-19(2)13-10(9)5-6-11(21-3)12(13)14(20)22-8-15(16,17)18/h5-7H,4,8H2,1-3H3. The number of aryl methyl sites for hydroxylation is 2.